The zero-order valence-corrected chi connectivity index (χ0v) is 26.3. The Labute approximate surface area is 260 Å². The van der Waals surface area contributed by atoms with Gasteiger partial charge in [0.2, 0.25) is 5.91 Å². The molecule has 0 saturated heterocycles. The van der Waals surface area contributed by atoms with Crippen LogP contribution < -0.4 is 23.8 Å². The Kier molecular flexibility index (Phi) is 9.63. The quantitative estimate of drug-likeness (QED) is 0.160. The first-order valence-electron chi connectivity index (χ1n) is 13.2. The zero-order valence-electron chi connectivity index (χ0n) is 24.7. The Morgan fingerprint density at radius 1 is 0.844 bits per heavy atom. The average molecular weight is 655 g/mol. The second kappa shape index (κ2) is 13.2. The Bertz CT molecular complexity index is 1950. The molecule has 0 heterocycles. The van der Waals surface area contributed by atoms with E-state index in [4.69, 9.17) is 9.47 Å². The van der Waals surface area contributed by atoms with E-state index < -0.39 is 37.4 Å². The number of ether oxygens (including phenoxy) is 2. The third-order valence-electron chi connectivity index (χ3n) is 6.66. The van der Waals surface area contributed by atoms with Crippen LogP contribution in [0.3, 0.4) is 0 Å². The molecule has 0 fully saturated rings. The fourth-order valence-corrected chi connectivity index (χ4v) is 6.79. The van der Waals surface area contributed by atoms with Crippen LogP contribution in [0.4, 0.5) is 22.7 Å². The van der Waals surface area contributed by atoms with Crippen LogP contribution in [0, 0.1) is 24.0 Å². The topological polar surface area (TPSA) is 174 Å². The van der Waals surface area contributed by atoms with Gasteiger partial charge in [-0.2, -0.15) is 0 Å². The number of aryl methyl sites for hydroxylation is 2. The highest BCUT2D eigenvalue weighted by Crippen LogP contribution is 2.30. The lowest BCUT2D eigenvalue weighted by Gasteiger charge is -2.24. The number of methoxy groups -OCH3 is 2. The van der Waals surface area contributed by atoms with Crippen molar-refractivity contribution in [1.82, 2.24) is 0 Å². The Balaban J connectivity index is 1.58. The molecule has 0 aliphatic rings. The van der Waals surface area contributed by atoms with Gasteiger partial charge in [0.1, 0.15) is 18.0 Å². The summed E-state index contributed by atoms with van der Waals surface area (Å²) in [5, 5.41) is 14.1. The van der Waals surface area contributed by atoms with Gasteiger partial charge in [-0.05, 0) is 86.1 Å². The van der Waals surface area contributed by atoms with Gasteiger partial charge in [-0.3, -0.25) is 23.9 Å². The maximum absolute atomic E-state index is 13.7. The van der Waals surface area contributed by atoms with Crippen LogP contribution in [0.5, 0.6) is 11.5 Å². The number of anilines is 3. The summed E-state index contributed by atoms with van der Waals surface area (Å²) in [5.41, 5.74) is 1.26. The maximum atomic E-state index is 13.7. The van der Waals surface area contributed by atoms with E-state index in [1.54, 1.807) is 25.1 Å². The molecule has 0 spiro atoms. The van der Waals surface area contributed by atoms with Crippen LogP contribution in [0.1, 0.15) is 11.1 Å². The molecule has 0 saturated carbocycles. The van der Waals surface area contributed by atoms with Gasteiger partial charge in [0, 0.05) is 17.3 Å². The molecule has 4 aromatic carbocycles. The number of nitro groups is 1. The molecule has 2 N–H and O–H groups in total. The predicted octanol–water partition coefficient (Wildman–Crippen LogP) is 4.86. The summed E-state index contributed by atoms with van der Waals surface area (Å²) >= 11 is 0. The number of nitrogens with zero attached hydrogens (tertiary/aromatic N) is 2. The zero-order chi connectivity index (χ0) is 32.9. The first kappa shape index (κ1) is 32.8. The highest BCUT2D eigenvalue weighted by Gasteiger charge is 2.29. The number of amides is 1. The molecule has 45 heavy (non-hydrogen) atoms. The van der Waals surface area contributed by atoms with Gasteiger partial charge >= 0.3 is 0 Å². The van der Waals surface area contributed by atoms with Crippen molar-refractivity contribution >= 4 is 48.7 Å². The number of benzene rings is 4. The molecule has 0 atom stereocenters. The summed E-state index contributed by atoms with van der Waals surface area (Å²) in [6.45, 7) is 2.58. The van der Waals surface area contributed by atoms with Gasteiger partial charge in [-0.15, -0.1) is 0 Å². The fourth-order valence-electron chi connectivity index (χ4n) is 4.29. The van der Waals surface area contributed by atoms with Crippen molar-refractivity contribution in [2.45, 2.75) is 23.6 Å². The first-order chi connectivity index (χ1) is 21.2. The van der Waals surface area contributed by atoms with E-state index in [1.165, 1.54) is 81.8 Å². The molecule has 4 aromatic rings. The van der Waals surface area contributed by atoms with Gasteiger partial charge in [-0.1, -0.05) is 12.1 Å². The van der Waals surface area contributed by atoms with Gasteiger partial charge in [-0.25, -0.2) is 16.8 Å². The Morgan fingerprint density at radius 2 is 1.49 bits per heavy atom. The molecule has 13 nitrogen and oxygen atoms in total. The maximum Gasteiger partial charge on any atom is 0.273 e. The average Bonchev–Trinajstić information content (AvgIpc) is 3.00. The number of hydrogen-bond acceptors (Lipinski definition) is 9. The molecule has 0 radical (unpaired) electrons. The summed E-state index contributed by atoms with van der Waals surface area (Å²) in [6.07, 6.45) is 0. The lowest BCUT2D eigenvalue weighted by atomic mass is 10.2. The second-order valence-electron chi connectivity index (χ2n) is 9.80. The minimum Gasteiger partial charge on any atom is -0.497 e. The molecule has 1 amide bonds. The van der Waals surface area contributed by atoms with Crippen LogP contribution in [0.2, 0.25) is 0 Å². The molecule has 0 aliphatic heterocycles. The number of sulfonamides is 2. The summed E-state index contributed by atoms with van der Waals surface area (Å²) < 4.78 is 67.2. The molecule has 4 rings (SSSR count). The van der Waals surface area contributed by atoms with Gasteiger partial charge in [0.05, 0.1) is 40.3 Å². The number of hydrogen-bond donors (Lipinski definition) is 2. The third kappa shape index (κ3) is 7.50. The van der Waals surface area contributed by atoms with Crippen LogP contribution in [-0.2, 0) is 24.8 Å². The van der Waals surface area contributed by atoms with Crippen LogP contribution in [-0.4, -0.2) is 48.4 Å². The molecule has 0 aromatic heterocycles. The van der Waals surface area contributed by atoms with Crippen LogP contribution >= 0.6 is 0 Å². The normalized spacial score (nSPS) is 11.4. The van der Waals surface area contributed by atoms with Crippen molar-refractivity contribution in [3.8, 4) is 11.5 Å². The molecule has 15 heteroatoms. The van der Waals surface area contributed by atoms with E-state index in [2.05, 4.69) is 10.0 Å². The molecule has 0 unspecified atom stereocenters. The number of nitro benzene ring substituents is 1. The van der Waals surface area contributed by atoms with Gasteiger partial charge < -0.3 is 14.8 Å². The summed E-state index contributed by atoms with van der Waals surface area (Å²) in [7, 11) is -5.63. The van der Waals surface area contributed by atoms with E-state index in [-0.39, 0.29) is 38.1 Å². The highest BCUT2D eigenvalue weighted by molar-refractivity contribution is 7.93. The smallest absolute Gasteiger partial charge is 0.273 e. The molecule has 0 bridgehead atoms. The van der Waals surface area contributed by atoms with Crippen molar-refractivity contribution in [3.05, 3.63) is 106 Å². The van der Waals surface area contributed by atoms with E-state index in [1.807, 2.05) is 0 Å². The van der Waals surface area contributed by atoms with Gasteiger partial charge in [0.25, 0.3) is 25.7 Å². The Hall–Kier alpha value is -5.15. The summed E-state index contributed by atoms with van der Waals surface area (Å²) in [4.78, 5) is 23.5. The predicted molar refractivity (Wildman–Crippen MR) is 169 cm³/mol. The number of nitrogens with one attached hydrogen (secondary N) is 2. The number of rotatable bonds is 12. The molecular formula is C30H30N4O9S2. The first-order valence-corrected chi connectivity index (χ1v) is 16.2. The minimum atomic E-state index is -4.47. The van der Waals surface area contributed by atoms with Crippen molar-refractivity contribution in [1.29, 1.82) is 0 Å². The van der Waals surface area contributed by atoms with Crippen LogP contribution in [0.15, 0.2) is 94.7 Å². The third-order valence-corrected chi connectivity index (χ3v) is 9.81. The standard InChI is InChI=1S/C30H30N4O9S2/c1-20-5-16-29(43-4)27(17-20)32-44(38,39)25-14-7-22(8-15-25)31-30(35)19-33(23-9-11-24(42-3)12-10-23)45(40,41)26-13-6-21(2)28(18-26)34(36)37/h5-18,32H,19H2,1-4H3,(H,31,35). The van der Waals surface area contributed by atoms with E-state index >= 15 is 0 Å². The molecular weight excluding hydrogens is 624 g/mol. The van der Waals surface area contributed by atoms with E-state index in [9.17, 15) is 31.7 Å². The fraction of sp³-hybridized carbons (Fsp3) is 0.167. The molecule has 236 valence electrons. The monoisotopic (exact) mass is 654 g/mol. The minimum absolute atomic E-state index is 0.0903. The Morgan fingerprint density at radius 3 is 2.09 bits per heavy atom. The van der Waals surface area contributed by atoms with Gasteiger partial charge in [0.15, 0.2) is 0 Å². The van der Waals surface area contributed by atoms with Crippen molar-refractivity contribution in [2.24, 2.45) is 0 Å². The van der Waals surface area contributed by atoms with Crippen LogP contribution in [0.25, 0.3) is 0 Å². The second-order valence-corrected chi connectivity index (χ2v) is 13.3. The van der Waals surface area contributed by atoms with Crippen molar-refractivity contribution in [2.75, 3.05) is 35.1 Å². The van der Waals surface area contributed by atoms with E-state index in [0.29, 0.717) is 11.5 Å². The summed E-state index contributed by atoms with van der Waals surface area (Å²) in [6, 6.07) is 19.7. The van der Waals surface area contributed by atoms with Crippen molar-refractivity contribution < 1.29 is 36.0 Å². The van der Waals surface area contributed by atoms with E-state index in [0.717, 1.165) is 15.9 Å². The lowest BCUT2D eigenvalue weighted by Crippen LogP contribution is -2.38. The SMILES string of the molecule is COc1ccc(N(CC(=O)Nc2ccc(S(=O)(=O)Nc3cc(C)ccc3OC)cc2)S(=O)(=O)c2ccc(C)c([N+](=O)[O-])c2)cc1. The largest absolute Gasteiger partial charge is 0.497 e. The number of carbonyl (C=O) groups excluding carboxylic acids is 1. The lowest BCUT2D eigenvalue weighted by molar-refractivity contribution is -0.385. The van der Waals surface area contributed by atoms with Crippen molar-refractivity contribution in [3.63, 3.8) is 0 Å². The highest BCUT2D eigenvalue weighted by atomic mass is 32.2. The summed E-state index contributed by atoms with van der Waals surface area (Å²) in [5.74, 6) is 0.0239. The number of carbonyl (C=O) groups is 1. The molecule has 0 aliphatic carbocycles.